The average Bonchev–Trinajstić information content (AvgIpc) is 3.36. The second-order valence-electron chi connectivity index (χ2n) is 6.04. The van der Waals surface area contributed by atoms with E-state index in [9.17, 15) is 9.59 Å². The molecule has 0 N–H and O–H groups in total. The van der Waals surface area contributed by atoms with E-state index in [4.69, 9.17) is 4.74 Å². The minimum absolute atomic E-state index is 0.236. The molecule has 4 rings (SSSR count). The molecule has 3 heterocycles. The topological polar surface area (TPSA) is 49.9 Å². The fraction of sp³-hybridized carbons (Fsp3) is 0.263. The van der Waals surface area contributed by atoms with Crippen molar-refractivity contribution in [2.75, 3.05) is 25.1 Å². The number of likely N-dealkylation sites (tertiary alicyclic amines) is 1. The summed E-state index contributed by atoms with van der Waals surface area (Å²) < 4.78 is 5.16. The molecular formula is C19H18N2O3S. The summed E-state index contributed by atoms with van der Waals surface area (Å²) in [6.45, 7) is 1.64. The van der Waals surface area contributed by atoms with Gasteiger partial charge < -0.3 is 9.64 Å². The average molecular weight is 354 g/mol. The maximum atomic E-state index is 13.1. The van der Waals surface area contributed by atoms with Crippen molar-refractivity contribution < 1.29 is 14.3 Å². The monoisotopic (exact) mass is 354 g/mol. The highest BCUT2D eigenvalue weighted by Gasteiger charge is 2.43. The van der Waals surface area contributed by atoms with Crippen molar-refractivity contribution in [2.45, 2.75) is 12.8 Å². The van der Waals surface area contributed by atoms with Crippen LogP contribution in [0.1, 0.15) is 17.7 Å². The number of benzene rings is 1. The number of hydrogen-bond acceptors (Lipinski definition) is 5. The van der Waals surface area contributed by atoms with Crippen LogP contribution in [0.4, 0.5) is 5.69 Å². The van der Waals surface area contributed by atoms with Crippen LogP contribution in [0.25, 0.3) is 5.57 Å². The Kier molecular flexibility index (Phi) is 4.05. The van der Waals surface area contributed by atoms with E-state index in [0.29, 0.717) is 22.7 Å². The van der Waals surface area contributed by atoms with Gasteiger partial charge in [-0.25, -0.2) is 4.90 Å². The fourth-order valence-corrected chi connectivity index (χ4v) is 4.12. The van der Waals surface area contributed by atoms with Crippen molar-refractivity contribution >= 4 is 34.4 Å². The summed E-state index contributed by atoms with van der Waals surface area (Å²) >= 11 is 1.49. The smallest absolute Gasteiger partial charge is 0.282 e. The molecule has 1 aromatic carbocycles. The van der Waals surface area contributed by atoms with Gasteiger partial charge in [0.05, 0.1) is 18.4 Å². The van der Waals surface area contributed by atoms with E-state index in [0.717, 1.165) is 30.8 Å². The first kappa shape index (κ1) is 15.9. The van der Waals surface area contributed by atoms with Crippen LogP contribution in [0.3, 0.4) is 0 Å². The minimum Gasteiger partial charge on any atom is -0.497 e. The summed E-state index contributed by atoms with van der Waals surface area (Å²) in [5.41, 5.74) is 1.64. The molecule has 2 aromatic rings. The normalized spacial score (nSPS) is 17.8. The Morgan fingerprint density at radius 1 is 1.00 bits per heavy atom. The maximum Gasteiger partial charge on any atom is 0.282 e. The van der Waals surface area contributed by atoms with Crippen molar-refractivity contribution in [3.8, 4) is 5.75 Å². The first-order valence-corrected chi connectivity index (χ1v) is 9.14. The van der Waals surface area contributed by atoms with Crippen LogP contribution in [0.15, 0.2) is 47.5 Å². The van der Waals surface area contributed by atoms with Gasteiger partial charge in [-0.05, 0) is 48.6 Å². The van der Waals surface area contributed by atoms with Crippen molar-refractivity contribution in [3.63, 3.8) is 0 Å². The summed E-state index contributed by atoms with van der Waals surface area (Å²) in [5, 5.41) is 1.93. The van der Waals surface area contributed by atoms with Gasteiger partial charge in [-0.3, -0.25) is 9.59 Å². The Morgan fingerprint density at radius 2 is 1.72 bits per heavy atom. The molecule has 1 aromatic heterocycles. The third-order valence-corrected chi connectivity index (χ3v) is 5.47. The standard InChI is InChI=1S/C19H18N2O3S/c1-24-14-8-6-13(7-9-14)21-18(22)16(15-5-4-12-25-15)17(19(21)23)20-10-2-3-11-20/h4-9,12H,2-3,10-11H2,1H3. The van der Waals surface area contributed by atoms with Crippen LogP contribution >= 0.6 is 11.3 Å². The molecule has 0 atom stereocenters. The lowest BCUT2D eigenvalue weighted by Gasteiger charge is -2.20. The van der Waals surface area contributed by atoms with Gasteiger partial charge in [0.15, 0.2) is 0 Å². The van der Waals surface area contributed by atoms with Crippen molar-refractivity contribution in [2.24, 2.45) is 0 Å². The third kappa shape index (κ3) is 2.62. The fourth-order valence-electron chi connectivity index (χ4n) is 3.36. The van der Waals surface area contributed by atoms with Gasteiger partial charge in [0.2, 0.25) is 0 Å². The number of nitrogens with zero attached hydrogens (tertiary/aromatic N) is 2. The van der Waals surface area contributed by atoms with Crippen LogP contribution in [0.5, 0.6) is 5.75 Å². The van der Waals surface area contributed by atoms with Gasteiger partial charge >= 0.3 is 0 Å². The number of anilines is 1. The molecule has 2 amide bonds. The molecule has 0 radical (unpaired) electrons. The van der Waals surface area contributed by atoms with E-state index in [1.165, 1.54) is 16.2 Å². The zero-order valence-corrected chi connectivity index (χ0v) is 14.7. The van der Waals surface area contributed by atoms with Gasteiger partial charge in [-0.1, -0.05) is 6.07 Å². The van der Waals surface area contributed by atoms with Crippen LogP contribution < -0.4 is 9.64 Å². The zero-order chi connectivity index (χ0) is 17.4. The van der Waals surface area contributed by atoms with Crippen molar-refractivity contribution in [3.05, 3.63) is 52.4 Å². The molecule has 0 unspecified atom stereocenters. The number of thiophene rings is 1. The molecule has 1 saturated heterocycles. The van der Waals surface area contributed by atoms with Crippen LogP contribution in [-0.4, -0.2) is 36.9 Å². The zero-order valence-electron chi connectivity index (χ0n) is 13.9. The van der Waals surface area contributed by atoms with Crippen LogP contribution in [0, 0.1) is 0 Å². The number of carbonyl (C=O) groups is 2. The van der Waals surface area contributed by atoms with Crippen molar-refractivity contribution in [1.82, 2.24) is 4.90 Å². The number of amides is 2. The summed E-state index contributed by atoms with van der Waals surface area (Å²) in [6.07, 6.45) is 2.09. The van der Waals surface area contributed by atoms with E-state index in [2.05, 4.69) is 4.90 Å². The van der Waals surface area contributed by atoms with Gasteiger partial charge in [-0.2, -0.15) is 0 Å². The molecule has 5 nitrogen and oxygen atoms in total. The van der Waals surface area contributed by atoms with E-state index in [-0.39, 0.29) is 11.8 Å². The van der Waals surface area contributed by atoms with Gasteiger partial charge in [0.1, 0.15) is 11.4 Å². The van der Waals surface area contributed by atoms with E-state index in [1.807, 2.05) is 17.5 Å². The number of methoxy groups -OCH3 is 1. The van der Waals surface area contributed by atoms with E-state index >= 15 is 0 Å². The van der Waals surface area contributed by atoms with Crippen LogP contribution in [-0.2, 0) is 9.59 Å². The summed E-state index contributed by atoms with van der Waals surface area (Å²) in [6, 6.07) is 10.8. The van der Waals surface area contributed by atoms with Gasteiger partial charge in [0, 0.05) is 18.0 Å². The molecule has 2 aliphatic heterocycles. The first-order chi connectivity index (χ1) is 12.2. The Labute approximate surface area is 150 Å². The molecular weight excluding hydrogens is 336 g/mol. The first-order valence-electron chi connectivity index (χ1n) is 8.26. The molecule has 1 fully saturated rings. The Hall–Kier alpha value is -2.60. The highest BCUT2D eigenvalue weighted by Crippen LogP contribution is 2.37. The lowest BCUT2D eigenvalue weighted by Crippen LogP contribution is -2.34. The number of imide groups is 1. The van der Waals surface area contributed by atoms with E-state index in [1.54, 1.807) is 31.4 Å². The third-order valence-electron chi connectivity index (χ3n) is 4.58. The Bertz CT molecular complexity index is 834. The minimum atomic E-state index is -0.250. The number of ether oxygens (including phenoxy) is 1. The molecule has 0 aliphatic carbocycles. The SMILES string of the molecule is COc1ccc(N2C(=O)C(c3cccs3)=C(N3CCCC3)C2=O)cc1. The van der Waals surface area contributed by atoms with Crippen molar-refractivity contribution in [1.29, 1.82) is 0 Å². The second kappa shape index (κ2) is 6.37. The predicted octanol–water partition coefficient (Wildman–Crippen LogP) is 3.14. The largest absolute Gasteiger partial charge is 0.497 e. The predicted molar refractivity (Wildman–Crippen MR) is 97.5 cm³/mol. The number of carbonyl (C=O) groups excluding carboxylic acids is 2. The highest BCUT2D eigenvalue weighted by atomic mass is 32.1. The molecule has 0 saturated carbocycles. The Balaban J connectivity index is 1.78. The molecule has 128 valence electrons. The molecule has 25 heavy (non-hydrogen) atoms. The lowest BCUT2D eigenvalue weighted by molar-refractivity contribution is -0.120. The molecule has 0 bridgehead atoms. The molecule has 2 aliphatic rings. The Morgan fingerprint density at radius 3 is 2.32 bits per heavy atom. The summed E-state index contributed by atoms with van der Waals surface area (Å²) in [7, 11) is 1.59. The molecule has 0 spiro atoms. The lowest BCUT2D eigenvalue weighted by atomic mass is 10.2. The number of hydrogen-bond donors (Lipinski definition) is 0. The highest BCUT2D eigenvalue weighted by molar-refractivity contribution is 7.11. The summed E-state index contributed by atoms with van der Waals surface area (Å²) in [5.74, 6) is 0.203. The summed E-state index contributed by atoms with van der Waals surface area (Å²) in [4.78, 5) is 30.5. The van der Waals surface area contributed by atoms with Crippen LogP contribution in [0.2, 0.25) is 0 Å². The molecule has 6 heteroatoms. The van der Waals surface area contributed by atoms with E-state index < -0.39 is 0 Å². The quantitative estimate of drug-likeness (QED) is 0.792. The van der Waals surface area contributed by atoms with Gasteiger partial charge in [-0.15, -0.1) is 11.3 Å². The maximum absolute atomic E-state index is 13.1. The van der Waals surface area contributed by atoms with Gasteiger partial charge in [0.25, 0.3) is 11.8 Å². The number of rotatable bonds is 4. The second-order valence-corrected chi connectivity index (χ2v) is 6.99.